The van der Waals surface area contributed by atoms with E-state index in [9.17, 15) is 9.59 Å². The largest absolute Gasteiger partial charge is 0.385 e. The molecule has 0 aromatic rings. The summed E-state index contributed by atoms with van der Waals surface area (Å²) < 4.78 is 4.87. The van der Waals surface area contributed by atoms with Gasteiger partial charge in [0.2, 0.25) is 11.8 Å². The molecule has 0 saturated heterocycles. The zero-order chi connectivity index (χ0) is 13.8. The lowest BCUT2D eigenvalue weighted by Crippen LogP contribution is -2.42. The number of likely N-dealkylation sites (N-methyl/N-ethyl adjacent to an activating group) is 1. The van der Waals surface area contributed by atoms with E-state index < -0.39 is 0 Å². The first-order chi connectivity index (χ1) is 8.61. The number of carbonyl (C=O) groups excluding carboxylic acids is 2. The molecule has 0 atom stereocenters. The minimum absolute atomic E-state index is 0.0736. The Kier molecular flexibility index (Phi) is 10.3. The molecule has 18 heavy (non-hydrogen) atoms. The lowest BCUT2D eigenvalue weighted by atomic mass is 10.4. The minimum Gasteiger partial charge on any atom is -0.385 e. The van der Waals surface area contributed by atoms with E-state index in [0.717, 1.165) is 19.4 Å². The second kappa shape index (κ2) is 11.0. The van der Waals surface area contributed by atoms with Crippen molar-refractivity contribution in [2.24, 2.45) is 0 Å². The smallest absolute Gasteiger partial charge is 0.239 e. The van der Waals surface area contributed by atoms with Crippen LogP contribution in [0, 0.1) is 0 Å². The Labute approximate surface area is 109 Å². The molecule has 6 heteroatoms. The SMILES string of the molecule is CCCNCC(=O)N(C)CC(=O)NCCCOC. The highest BCUT2D eigenvalue weighted by molar-refractivity contribution is 5.85. The van der Waals surface area contributed by atoms with Crippen LogP contribution in [0.5, 0.6) is 0 Å². The fourth-order valence-electron chi connectivity index (χ4n) is 1.31. The highest BCUT2D eigenvalue weighted by atomic mass is 16.5. The third kappa shape index (κ3) is 8.95. The van der Waals surface area contributed by atoms with Gasteiger partial charge in [0, 0.05) is 27.3 Å². The van der Waals surface area contributed by atoms with E-state index in [0.29, 0.717) is 13.2 Å². The van der Waals surface area contributed by atoms with Gasteiger partial charge in [0.25, 0.3) is 0 Å². The molecule has 0 rings (SSSR count). The van der Waals surface area contributed by atoms with E-state index >= 15 is 0 Å². The first kappa shape index (κ1) is 16.9. The third-order valence-corrected chi connectivity index (χ3v) is 2.36. The average Bonchev–Trinajstić information content (AvgIpc) is 2.34. The third-order valence-electron chi connectivity index (χ3n) is 2.36. The maximum Gasteiger partial charge on any atom is 0.239 e. The second-order valence-electron chi connectivity index (χ2n) is 4.12. The molecule has 0 aliphatic heterocycles. The summed E-state index contributed by atoms with van der Waals surface area (Å²) in [4.78, 5) is 24.5. The van der Waals surface area contributed by atoms with Crippen molar-refractivity contribution in [3.63, 3.8) is 0 Å². The number of rotatable bonds is 10. The van der Waals surface area contributed by atoms with Gasteiger partial charge in [0.1, 0.15) is 0 Å². The Morgan fingerprint density at radius 3 is 2.61 bits per heavy atom. The standard InChI is InChI=1S/C12H25N3O3/c1-4-6-13-9-12(17)15(2)10-11(16)14-7-5-8-18-3/h13H,4-10H2,1-3H3,(H,14,16). The predicted molar refractivity (Wildman–Crippen MR) is 70.3 cm³/mol. The van der Waals surface area contributed by atoms with Gasteiger partial charge in [-0.1, -0.05) is 6.92 Å². The van der Waals surface area contributed by atoms with Crippen molar-refractivity contribution < 1.29 is 14.3 Å². The molecule has 106 valence electrons. The van der Waals surface area contributed by atoms with Gasteiger partial charge in [0.05, 0.1) is 13.1 Å². The highest BCUT2D eigenvalue weighted by Gasteiger charge is 2.11. The van der Waals surface area contributed by atoms with Crippen LogP contribution in [0.1, 0.15) is 19.8 Å². The summed E-state index contributed by atoms with van der Waals surface area (Å²) in [6, 6.07) is 0. The maximum atomic E-state index is 11.6. The lowest BCUT2D eigenvalue weighted by molar-refractivity contribution is -0.134. The summed E-state index contributed by atoms with van der Waals surface area (Å²) in [5, 5.41) is 5.75. The van der Waals surface area contributed by atoms with Crippen LogP contribution in [0.3, 0.4) is 0 Å². The van der Waals surface area contributed by atoms with E-state index in [1.807, 2.05) is 6.92 Å². The van der Waals surface area contributed by atoms with Crippen LogP contribution >= 0.6 is 0 Å². The summed E-state index contributed by atoms with van der Waals surface area (Å²) in [7, 11) is 3.25. The number of hydrogen-bond acceptors (Lipinski definition) is 4. The van der Waals surface area contributed by atoms with Crippen molar-refractivity contribution in [3.8, 4) is 0 Å². The molecule has 0 aromatic heterocycles. The zero-order valence-electron chi connectivity index (χ0n) is 11.6. The van der Waals surface area contributed by atoms with Crippen LogP contribution in [-0.2, 0) is 14.3 Å². The molecule has 0 heterocycles. The van der Waals surface area contributed by atoms with Crippen LogP contribution in [0.15, 0.2) is 0 Å². The molecule has 0 bridgehead atoms. The fourth-order valence-corrected chi connectivity index (χ4v) is 1.31. The minimum atomic E-state index is -0.141. The Bertz CT molecular complexity index is 247. The Morgan fingerprint density at radius 2 is 2.00 bits per heavy atom. The van der Waals surface area contributed by atoms with Crippen LogP contribution in [0.2, 0.25) is 0 Å². The zero-order valence-corrected chi connectivity index (χ0v) is 11.6. The summed E-state index contributed by atoms with van der Waals surface area (Å²) >= 11 is 0. The van der Waals surface area contributed by atoms with Gasteiger partial charge in [0.15, 0.2) is 0 Å². The molecule has 0 aliphatic carbocycles. The van der Waals surface area contributed by atoms with Crippen molar-refractivity contribution >= 4 is 11.8 Å². The molecule has 2 amide bonds. The Hall–Kier alpha value is -1.14. The number of amides is 2. The topological polar surface area (TPSA) is 70.7 Å². The van der Waals surface area contributed by atoms with Gasteiger partial charge in [-0.3, -0.25) is 9.59 Å². The Morgan fingerprint density at radius 1 is 1.28 bits per heavy atom. The van der Waals surface area contributed by atoms with Crippen LogP contribution in [0.25, 0.3) is 0 Å². The van der Waals surface area contributed by atoms with Crippen LogP contribution in [-0.4, -0.2) is 63.7 Å². The second-order valence-corrected chi connectivity index (χ2v) is 4.12. The van der Waals surface area contributed by atoms with Crippen molar-refractivity contribution in [2.45, 2.75) is 19.8 Å². The number of ether oxygens (including phenoxy) is 1. The molecule has 0 aliphatic rings. The highest BCUT2D eigenvalue weighted by Crippen LogP contribution is 1.85. The van der Waals surface area contributed by atoms with Crippen LogP contribution in [0.4, 0.5) is 0 Å². The van der Waals surface area contributed by atoms with E-state index in [4.69, 9.17) is 4.74 Å². The normalized spacial score (nSPS) is 10.2. The van der Waals surface area contributed by atoms with Crippen molar-refractivity contribution in [2.75, 3.05) is 46.9 Å². The monoisotopic (exact) mass is 259 g/mol. The Balaban J connectivity index is 3.68. The first-order valence-corrected chi connectivity index (χ1v) is 6.32. The molecule has 2 N–H and O–H groups in total. The van der Waals surface area contributed by atoms with Crippen molar-refractivity contribution in [1.82, 2.24) is 15.5 Å². The molecule has 0 fully saturated rings. The van der Waals surface area contributed by atoms with Gasteiger partial charge in [-0.15, -0.1) is 0 Å². The molecule has 6 nitrogen and oxygen atoms in total. The van der Waals surface area contributed by atoms with Crippen molar-refractivity contribution in [3.05, 3.63) is 0 Å². The summed E-state index contributed by atoms with van der Waals surface area (Å²) in [5.74, 6) is -0.215. The lowest BCUT2D eigenvalue weighted by Gasteiger charge is -2.17. The quantitative estimate of drug-likeness (QED) is 0.524. The first-order valence-electron chi connectivity index (χ1n) is 6.32. The number of carbonyl (C=O) groups is 2. The molecule has 0 saturated carbocycles. The van der Waals surface area contributed by atoms with Gasteiger partial charge in [-0.25, -0.2) is 0 Å². The van der Waals surface area contributed by atoms with Gasteiger partial charge >= 0.3 is 0 Å². The molecule has 0 unspecified atom stereocenters. The summed E-state index contributed by atoms with van der Waals surface area (Å²) in [5.41, 5.74) is 0. The fraction of sp³-hybridized carbons (Fsp3) is 0.833. The van der Waals surface area contributed by atoms with E-state index in [1.165, 1.54) is 4.90 Å². The molecule has 0 spiro atoms. The molecular weight excluding hydrogens is 234 g/mol. The number of nitrogens with one attached hydrogen (secondary N) is 2. The summed E-state index contributed by atoms with van der Waals surface area (Å²) in [6.45, 7) is 4.41. The molecule has 0 radical (unpaired) electrons. The molecular formula is C12H25N3O3. The van der Waals surface area contributed by atoms with Gasteiger partial charge in [-0.2, -0.15) is 0 Å². The number of methoxy groups -OCH3 is 1. The van der Waals surface area contributed by atoms with Gasteiger partial charge < -0.3 is 20.3 Å². The van der Waals surface area contributed by atoms with E-state index in [-0.39, 0.29) is 24.9 Å². The average molecular weight is 259 g/mol. The maximum absolute atomic E-state index is 11.6. The predicted octanol–water partition coefficient (Wildman–Crippen LogP) is -0.403. The van der Waals surface area contributed by atoms with Crippen molar-refractivity contribution in [1.29, 1.82) is 0 Å². The number of hydrogen-bond donors (Lipinski definition) is 2. The number of nitrogens with zero attached hydrogens (tertiary/aromatic N) is 1. The molecule has 0 aromatic carbocycles. The van der Waals surface area contributed by atoms with E-state index in [2.05, 4.69) is 10.6 Å². The summed E-state index contributed by atoms with van der Waals surface area (Å²) in [6.07, 6.45) is 1.76. The van der Waals surface area contributed by atoms with Crippen LogP contribution < -0.4 is 10.6 Å². The van der Waals surface area contributed by atoms with Gasteiger partial charge in [-0.05, 0) is 19.4 Å². The van der Waals surface area contributed by atoms with E-state index in [1.54, 1.807) is 14.2 Å².